The van der Waals surface area contributed by atoms with E-state index in [1.165, 1.54) is 0 Å². The minimum atomic E-state index is -0.218. The largest absolute Gasteiger partial charge is 0.378 e. The number of nitrogens with zero attached hydrogens (tertiary/aromatic N) is 2. The first-order chi connectivity index (χ1) is 14.5. The predicted octanol–water partition coefficient (Wildman–Crippen LogP) is 3.96. The van der Waals surface area contributed by atoms with Crippen molar-refractivity contribution in [3.63, 3.8) is 0 Å². The molecule has 3 aromatic carbocycles. The molecular formula is C25H27N3O2. The van der Waals surface area contributed by atoms with Gasteiger partial charge in [0.15, 0.2) is 0 Å². The van der Waals surface area contributed by atoms with Crippen molar-refractivity contribution in [3.8, 4) is 0 Å². The van der Waals surface area contributed by atoms with E-state index < -0.39 is 0 Å². The van der Waals surface area contributed by atoms with E-state index in [1.807, 2.05) is 104 Å². The molecule has 3 aromatic rings. The van der Waals surface area contributed by atoms with Gasteiger partial charge in [-0.05, 0) is 35.4 Å². The van der Waals surface area contributed by atoms with E-state index >= 15 is 0 Å². The zero-order chi connectivity index (χ0) is 21.3. The molecule has 0 fully saturated rings. The van der Waals surface area contributed by atoms with Gasteiger partial charge in [-0.2, -0.15) is 0 Å². The van der Waals surface area contributed by atoms with E-state index in [9.17, 15) is 9.59 Å². The van der Waals surface area contributed by atoms with Crippen molar-refractivity contribution in [2.24, 2.45) is 0 Å². The zero-order valence-corrected chi connectivity index (χ0v) is 17.4. The van der Waals surface area contributed by atoms with Crippen LogP contribution in [0.4, 0.5) is 11.4 Å². The van der Waals surface area contributed by atoms with Crippen LogP contribution in [0.5, 0.6) is 0 Å². The maximum absolute atomic E-state index is 13.0. The topological polar surface area (TPSA) is 52.7 Å². The van der Waals surface area contributed by atoms with Crippen LogP contribution >= 0.6 is 0 Å². The molecule has 0 aliphatic carbocycles. The highest BCUT2D eigenvalue weighted by Crippen LogP contribution is 2.16. The first kappa shape index (κ1) is 21.1. The zero-order valence-electron chi connectivity index (χ0n) is 17.4. The molecule has 0 saturated carbocycles. The average molecular weight is 402 g/mol. The average Bonchev–Trinajstić information content (AvgIpc) is 2.75. The molecule has 0 saturated heterocycles. The highest BCUT2D eigenvalue weighted by atomic mass is 16.2. The van der Waals surface area contributed by atoms with Gasteiger partial charge >= 0.3 is 0 Å². The van der Waals surface area contributed by atoms with Crippen molar-refractivity contribution in [1.82, 2.24) is 4.90 Å². The Morgan fingerprint density at radius 2 is 1.33 bits per heavy atom. The van der Waals surface area contributed by atoms with Gasteiger partial charge in [0.25, 0.3) is 0 Å². The van der Waals surface area contributed by atoms with Gasteiger partial charge in [-0.25, -0.2) is 0 Å². The van der Waals surface area contributed by atoms with Crippen molar-refractivity contribution in [2.45, 2.75) is 13.0 Å². The van der Waals surface area contributed by atoms with Gasteiger partial charge in [-0.15, -0.1) is 0 Å². The van der Waals surface area contributed by atoms with Gasteiger partial charge in [0.1, 0.15) is 6.54 Å². The normalized spacial score (nSPS) is 10.3. The molecule has 0 aliphatic rings. The molecule has 0 aromatic heterocycles. The molecular weight excluding hydrogens is 374 g/mol. The predicted molar refractivity (Wildman–Crippen MR) is 121 cm³/mol. The first-order valence-corrected chi connectivity index (χ1v) is 9.94. The van der Waals surface area contributed by atoms with Crippen LogP contribution < -0.4 is 10.2 Å². The minimum Gasteiger partial charge on any atom is -0.378 e. The maximum Gasteiger partial charge on any atom is 0.244 e. The smallest absolute Gasteiger partial charge is 0.244 e. The number of benzene rings is 3. The molecule has 0 heterocycles. The molecule has 3 rings (SSSR count). The number of amides is 2. The van der Waals surface area contributed by atoms with Crippen LogP contribution in [0, 0.1) is 0 Å². The number of carbonyl (C=O) groups excluding carboxylic acids is 2. The molecule has 0 radical (unpaired) electrons. The summed E-state index contributed by atoms with van der Waals surface area (Å²) in [7, 11) is 3.93. The number of hydrogen-bond acceptors (Lipinski definition) is 3. The van der Waals surface area contributed by atoms with Crippen molar-refractivity contribution in [1.29, 1.82) is 0 Å². The Kier molecular flexibility index (Phi) is 7.22. The highest BCUT2D eigenvalue weighted by Gasteiger charge is 2.18. The number of anilines is 2. The molecule has 0 aliphatic heterocycles. The standard InChI is InChI=1S/C25H27N3O2/c1-27(2)23-15-13-22(14-16-23)26-24(29)19-28(18-21-11-7-4-8-12-21)25(30)17-20-9-5-3-6-10-20/h3-16H,17-19H2,1-2H3,(H,26,29). The van der Waals surface area contributed by atoms with Gasteiger partial charge in [0.2, 0.25) is 11.8 Å². The third kappa shape index (κ3) is 6.21. The summed E-state index contributed by atoms with van der Waals surface area (Å²) in [6.45, 7) is 0.384. The van der Waals surface area contributed by atoms with Gasteiger partial charge in [-0.1, -0.05) is 60.7 Å². The van der Waals surface area contributed by atoms with E-state index in [2.05, 4.69) is 5.32 Å². The van der Waals surface area contributed by atoms with Crippen LogP contribution in [0.2, 0.25) is 0 Å². The number of hydrogen-bond donors (Lipinski definition) is 1. The molecule has 1 N–H and O–H groups in total. The van der Waals surface area contributed by atoms with Crippen LogP contribution in [0.3, 0.4) is 0 Å². The fraction of sp³-hybridized carbons (Fsp3) is 0.200. The molecule has 5 heteroatoms. The van der Waals surface area contributed by atoms with Crippen LogP contribution in [0.1, 0.15) is 11.1 Å². The lowest BCUT2D eigenvalue weighted by Crippen LogP contribution is -2.38. The van der Waals surface area contributed by atoms with E-state index in [-0.39, 0.29) is 24.8 Å². The molecule has 0 bridgehead atoms. The van der Waals surface area contributed by atoms with Gasteiger partial charge < -0.3 is 15.1 Å². The van der Waals surface area contributed by atoms with Gasteiger partial charge in [-0.3, -0.25) is 9.59 Å². The number of nitrogens with one attached hydrogen (secondary N) is 1. The van der Waals surface area contributed by atoms with E-state index in [1.54, 1.807) is 4.90 Å². The maximum atomic E-state index is 13.0. The van der Waals surface area contributed by atoms with E-state index in [4.69, 9.17) is 0 Å². The first-order valence-electron chi connectivity index (χ1n) is 9.94. The molecule has 30 heavy (non-hydrogen) atoms. The second-order valence-corrected chi connectivity index (χ2v) is 7.39. The lowest BCUT2D eigenvalue weighted by Gasteiger charge is -2.23. The Morgan fingerprint density at radius 3 is 1.90 bits per heavy atom. The second kappa shape index (κ2) is 10.3. The highest BCUT2D eigenvalue weighted by molar-refractivity contribution is 5.94. The third-order valence-electron chi connectivity index (χ3n) is 4.77. The van der Waals surface area contributed by atoms with Crippen molar-refractivity contribution >= 4 is 23.2 Å². The summed E-state index contributed by atoms with van der Waals surface area (Å²) in [4.78, 5) is 29.2. The summed E-state index contributed by atoms with van der Waals surface area (Å²) in [5.74, 6) is -0.298. The summed E-state index contributed by atoms with van der Waals surface area (Å²) in [6.07, 6.45) is 0.262. The summed E-state index contributed by atoms with van der Waals surface area (Å²) >= 11 is 0. The fourth-order valence-electron chi connectivity index (χ4n) is 3.14. The Hall–Kier alpha value is -3.60. The summed E-state index contributed by atoms with van der Waals surface area (Å²) in [5, 5.41) is 2.89. The second-order valence-electron chi connectivity index (χ2n) is 7.39. The minimum absolute atomic E-state index is 0.00398. The monoisotopic (exact) mass is 401 g/mol. The van der Waals surface area contributed by atoms with Crippen LogP contribution in [-0.4, -0.2) is 37.4 Å². The molecule has 2 amide bonds. The van der Waals surface area contributed by atoms with Crippen LogP contribution in [0.25, 0.3) is 0 Å². The van der Waals surface area contributed by atoms with Crippen molar-refractivity contribution < 1.29 is 9.59 Å². The number of carbonyl (C=O) groups is 2. The fourth-order valence-corrected chi connectivity index (χ4v) is 3.14. The molecule has 5 nitrogen and oxygen atoms in total. The van der Waals surface area contributed by atoms with E-state index in [0.717, 1.165) is 16.8 Å². The number of rotatable bonds is 8. The van der Waals surface area contributed by atoms with Crippen LogP contribution in [0.15, 0.2) is 84.9 Å². The summed E-state index contributed by atoms with van der Waals surface area (Å²) in [5.41, 5.74) is 3.68. The Labute approximate surface area is 177 Å². The molecule has 0 atom stereocenters. The van der Waals surface area contributed by atoms with Gasteiger partial charge in [0.05, 0.1) is 6.42 Å². The van der Waals surface area contributed by atoms with Crippen molar-refractivity contribution in [3.05, 3.63) is 96.1 Å². The quantitative estimate of drug-likeness (QED) is 0.622. The van der Waals surface area contributed by atoms with Crippen molar-refractivity contribution in [2.75, 3.05) is 30.9 Å². The van der Waals surface area contributed by atoms with E-state index in [0.29, 0.717) is 12.2 Å². The SMILES string of the molecule is CN(C)c1ccc(NC(=O)CN(Cc2ccccc2)C(=O)Cc2ccccc2)cc1. The Balaban J connectivity index is 1.69. The summed E-state index contributed by atoms with van der Waals surface area (Å²) < 4.78 is 0. The molecule has 154 valence electrons. The van der Waals surface area contributed by atoms with Gasteiger partial charge in [0, 0.05) is 32.0 Å². The molecule has 0 unspecified atom stereocenters. The Bertz CT molecular complexity index is 955. The lowest BCUT2D eigenvalue weighted by atomic mass is 10.1. The van der Waals surface area contributed by atoms with Crippen LogP contribution in [-0.2, 0) is 22.6 Å². The third-order valence-corrected chi connectivity index (χ3v) is 4.77. The Morgan fingerprint density at radius 1 is 0.767 bits per heavy atom. The summed E-state index contributed by atoms with van der Waals surface area (Å²) in [6, 6.07) is 26.9. The lowest BCUT2D eigenvalue weighted by molar-refractivity contribution is -0.134. The molecule has 0 spiro atoms.